The zero-order valence-electron chi connectivity index (χ0n) is 8.71. The third kappa shape index (κ3) is 3.32. The Balaban J connectivity index is 2.26. The number of rotatable bonds is 2. The highest BCUT2D eigenvalue weighted by Crippen LogP contribution is 1.97. The van der Waals surface area contributed by atoms with Crippen LogP contribution in [0, 0.1) is 5.92 Å². The molecule has 0 spiro atoms. The molecule has 1 fully saturated rings. The summed E-state index contributed by atoms with van der Waals surface area (Å²) in [5.41, 5.74) is 2.91. The zero-order chi connectivity index (χ0) is 9.84. The molecule has 0 aromatic rings. The lowest BCUT2D eigenvalue weighted by Crippen LogP contribution is -2.53. The third-order valence-corrected chi connectivity index (χ3v) is 2.30. The molecule has 4 heteroatoms. The van der Waals surface area contributed by atoms with Crippen LogP contribution in [-0.2, 0) is 4.79 Å². The fourth-order valence-electron chi connectivity index (χ4n) is 1.20. The van der Waals surface area contributed by atoms with Crippen LogP contribution in [0.25, 0.3) is 0 Å². The summed E-state index contributed by atoms with van der Waals surface area (Å²) in [5, 5.41) is 2.00. The number of piperazine rings is 1. The summed E-state index contributed by atoms with van der Waals surface area (Å²) in [7, 11) is 2.10. The Morgan fingerprint density at radius 2 is 1.77 bits per heavy atom. The van der Waals surface area contributed by atoms with Gasteiger partial charge in [-0.1, -0.05) is 13.8 Å². The second-order valence-corrected chi connectivity index (χ2v) is 3.92. The third-order valence-electron chi connectivity index (χ3n) is 2.30. The van der Waals surface area contributed by atoms with Gasteiger partial charge >= 0.3 is 0 Å². The number of hydrogen-bond acceptors (Lipinski definition) is 3. The van der Waals surface area contributed by atoms with Crippen molar-refractivity contribution in [1.29, 1.82) is 0 Å². The minimum absolute atomic E-state index is 0.0691. The van der Waals surface area contributed by atoms with Gasteiger partial charge in [-0.25, -0.2) is 5.01 Å². The Labute approximate surface area is 79.9 Å². The molecule has 1 amide bonds. The van der Waals surface area contributed by atoms with Crippen LogP contribution in [0.1, 0.15) is 13.8 Å². The van der Waals surface area contributed by atoms with E-state index >= 15 is 0 Å². The molecular weight excluding hydrogens is 166 g/mol. The molecule has 0 radical (unpaired) electrons. The average Bonchev–Trinajstić information content (AvgIpc) is 2.08. The fourth-order valence-corrected chi connectivity index (χ4v) is 1.20. The quantitative estimate of drug-likeness (QED) is 0.653. The Hall–Kier alpha value is -0.610. The van der Waals surface area contributed by atoms with Crippen molar-refractivity contribution in [3.05, 3.63) is 0 Å². The van der Waals surface area contributed by atoms with Crippen molar-refractivity contribution in [3.63, 3.8) is 0 Å². The number of likely N-dealkylation sites (N-methyl/N-ethyl adjacent to an activating group) is 1. The Morgan fingerprint density at radius 1 is 1.23 bits per heavy atom. The van der Waals surface area contributed by atoms with Gasteiger partial charge < -0.3 is 4.90 Å². The van der Waals surface area contributed by atoms with E-state index in [4.69, 9.17) is 0 Å². The summed E-state index contributed by atoms with van der Waals surface area (Å²) >= 11 is 0. The molecule has 0 bridgehead atoms. The lowest BCUT2D eigenvalue weighted by molar-refractivity contribution is -0.129. The van der Waals surface area contributed by atoms with E-state index in [2.05, 4.69) is 17.4 Å². The molecule has 0 unspecified atom stereocenters. The molecule has 13 heavy (non-hydrogen) atoms. The Kier molecular flexibility index (Phi) is 3.69. The highest BCUT2D eigenvalue weighted by atomic mass is 16.2. The van der Waals surface area contributed by atoms with Gasteiger partial charge in [0.1, 0.15) is 0 Å². The summed E-state index contributed by atoms with van der Waals surface area (Å²) in [5.74, 6) is 0.184. The second-order valence-electron chi connectivity index (χ2n) is 3.92. The van der Waals surface area contributed by atoms with Crippen molar-refractivity contribution in [2.45, 2.75) is 13.8 Å². The van der Waals surface area contributed by atoms with Gasteiger partial charge in [-0.15, -0.1) is 0 Å². The maximum Gasteiger partial charge on any atom is 0.236 e. The topological polar surface area (TPSA) is 35.6 Å². The first-order valence-corrected chi connectivity index (χ1v) is 4.83. The normalized spacial score (nSPS) is 20.6. The summed E-state index contributed by atoms with van der Waals surface area (Å²) in [6.07, 6.45) is 0. The van der Waals surface area contributed by atoms with E-state index < -0.39 is 0 Å². The van der Waals surface area contributed by atoms with Crippen LogP contribution >= 0.6 is 0 Å². The molecule has 4 nitrogen and oxygen atoms in total. The van der Waals surface area contributed by atoms with E-state index in [1.807, 2.05) is 18.9 Å². The second kappa shape index (κ2) is 4.58. The molecule has 0 atom stereocenters. The van der Waals surface area contributed by atoms with Gasteiger partial charge in [0.15, 0.2) is 0 Å². The molecule has 1 rings (SSSR count). The highest BCUT2D eigenvalue weighted by Gasteiger charge is 2.16. The molecule has 0 saturated carbocycles. The maximum atomic E-state index is 11.3. The molecule has 1 aliphatic rings. The molecule has 0 aromatic carbocycles. The molecule has 1 saturated heterocycles. The van der Waals surface area contributed by atoms with Crippen molar-refractivity contribution in [2.24, 2.45) is 5.92 Å². The number of hydrogen-bond donors (Lipinski definition) is 1. The summed E-state index contributed by atoms with van der Waals surface area (Å²) in [4.78, 5) is 13.6. The first kappa shape index (κ1) is 10.5. The maximum absolute atomic E-state index is 11.3. The Morgan fingerprint density at radius 3 is 2.23 bits per heavy atom. The summed E-state index contributed by atoms with van der Waals surface area (Å²) in [6.45, 7) is 7.72. The van der Waals surface area contributed by atoms with Crippen molar-refractivity contribution < 1.29 is 4.79 Å². The smallest absolute Gasteiger partial charge is 0.236 e. The van der Waals surface area contributed by atoms with Crippen molar-refractivity contribution in [2.75, 3.05) is 33.2 Å². The van der Waals surface area contributed by atoms with Gasteiger partial charge in [0.2, 0.25) is 5.91 Å². The molecule has 76 valence electrons. The van der Waals surface area contributed by atoms with Crippen LogP contribution in [0.15, 0.2) is 0 Å². The van der Waals surface area contributed by atoms with Crippen LogP contribution in [0.4, 0.5) is 0 Å². The van der Waals surface area contributed by atoms with Crippen LogP contribution in [0.2, 0.25) is 0 Å². The first-order valence-electron chi connectivity index (χ1n) is 4.83. The average molecular weight is 185 g/mol. The SMILES string of the molecule is CC(C)C(=O)NN1CCN(C)CC1. The van der Waals surface area contributed by atoms with Crippen LogP contribution in [0.3, 0.4) is 0 Å². The molecule has 1 aliphatic heterocycles. The summed E-state index contributed by atoms with van der Waals surface area (Å²) < 4.78 is 0. The van der Waals surface area contributed by atoms with Crippen molar-refractivity contribution in [3.8, 4) is 0 Å². The van der Waals surface area contributed by atoms with Crippen LogP contribution in [-0.4, -0.2) is 49.0 Å². The number of amides is 1. The van der Waals surface area contributed by atoms with E-state index in [9.17, 15) is 4.79 Å². The van der Waals surface area contributed by atoms with Crippen molar-refractivity contribution >= 4 is 5.91 Å². The minimum Gasteiger partial charge on any atom is -0.304 e. The standard InChI is InChI=1S/C9H19N3O/c1-8(2)9(13)10-12-6-4-11(3)5-7-12/h8H,4-7H2,1-3H3,(H,10,13). The largest absolute Gasteiger partial charge is 0.304 e. The van der Waals surface area contributed by atoms with Crippen LogP contribution in [0.5, 0.6) is 0 Å². The van der Waals surface area contributed by atoms with Crippen LogP contribution < -0.4 is 5.43 Å². The van der Waals surface area contributed by atoms with Gasteiger partial charge in [0.25, 0.3) is 0 Å². The van der Waals surface area contributed by atoms with E-state index in [1.165, 1.54) is 0 Å². The van der Waals surface area contributed by atoms with Gasteiger partial charge in [0.05, 0.1) is 0 Å². The molecule has 0 aromatic heterocycles. The number of nitrogens with zero attached hydrogens (tertiary/aromatic N) is 2. The molecule has 1 N–H and O–H groups in total. The molecule has 1 heterocycles. The van der Waals surface area contributed by atoms with E-state index in [0.29, 0.717) is 0 Å². The number of hydrazine groups is 1. The van der Waals surface area contributed by atoms with E-state index in [1.54, 1.807) is 0 Å². The van der Waals surface area contributed by atoms with Gasteiger partial charge in [0, 0.05) is 32.1 Å². The lowest BCUT2D eigenvalue weighted by atomic mass is 10.2. The van der Waals surface area contributed by atoms with E-state index in [0.717, 1.165) is 26.2 Å². The monoisotopic (exact) mass is 185 g/mol. The minimum atomic E-state index is 0.0691. The summed E-state index contributed by atoms with van der Waals surface area (Å²) in [6, 6.07) is 0. The number of nitrogens with one attached hydrogen (secondary N) is 1. The Bertz CT molecular complexity index is 174. The fraction of sp³-hybridized carbons (Fsp3) is 0.889. The van der Waals surface area contributed by atoms with Crippen molar-refractivity contribution in [1.82, 2.24) is 15.3 Å². The van der Waals surface area contributed by atoms with Gasteiger partial charge in [-0.05, 0) is 7.05 Å². The van der Waals surface area contributed by atoms with Gasteiger partial charge in [-0.3, -0.25) is 10.2 Å². The first-order chi connectivity index (χ1) is 6.09. The molecule has 0 aliphatic carbocycles. The predicted molar refractivity (Wildman–Crippen MR) is 52.1 cm³/mol. The predicted octanol–water partition coefficient (Wildman–Crippen LogP) is -0.0790. The van der Waals surface area contributed by atoms with Gasteiger partial charge in [-0.2, -0.15) is 0 Å². The number of carbonyl (C=O) groups excluding carboxylic acids is 1. The number of carbonyl (C=O) groups is 1. The molecular formula is C9H19N3O. The zero-order valence-corrected chi connectivity index (χ0v) is 8.71. The highest BCUT2D eigenvalue weighted by molar-refractivity contribution is 5.77. The van der Waals surface area contributed by atoms with E-state index in [-0.39, 0.29) is 11.8 Å². The lowest BCUT2D eigenvalue weighted by Gasteiger charge is -2.32.